The lowest BCUT2D eigenvalue weighted by Gasteiger charge is -2.14. The molecule has 0 radical (unpaired) electrons. The Labute approximate surface area is 108 Å². The largest absolute Gasteiger partial charge is 0.335 e. The van der Waals surface area contributed by atoms with Gasteiger partial charge in [0.25, 0.3) is 0 Å². The molecule has 18 heavy (non-hydrogen) atoms. The molecule has 0 saturated carbocycles. The second-order valence-electron chi connectivity index (χ2n) is 4.68. The molecule has 2 heterocycles. The zero-order chi connectivity index (χ0) is 12.8. The van der Waals surface area contributed by atoms with Crippen LogP contribution in [0.4, 0.5) is 0 Å². The molecule has 2 aromatic heterocycles. The molecule has 4 nitrogen and oxygen atoms in total. The van der Waals surface area contributed by atoms with Crippen molar-refractivity contribution >= 4 is 0 Å². The van der Waals surface area contributed by atoms with Gasteiger partial charge in [0, 0.05) is 31.7 Å². The molecule has 0 aliphatic heterocycles. The van der Waals surface area contributed by atoms with E-state index in [1.165, 1.54) is 0 Å². The van der Waals surface area contributed by atoms with Crippen LogP contribution in [0.1, 0.15) is 18.4 Å². The van der Waals surface area contributed by atoms with Gasteiger partial charge in [-0.3, -0.25) is 4.98 Å². The fourth-order valence-electron chi connectivity index (χ4n) is 1.95. The highest BCUT2D eigenvalue weighted by atomic mass is 15.1. The number of aryl methyl sites for hydroxylation is 1. The van der Waals surface area contributed by atoms with Crippen LogP contribution in [0.5, 0.6) is 0 Å². The van der Waals surface area contributed by atoms with Gasteiger partial charge in [-0.05, 0) is 31.5 Å². The molecule has 0 aromatic carbocycles. The topological polar surface area (TPSA) is 42.7 Å². The van der Waals surface area contributed by atoms with E-state index in [1.54, 1.807) is 0 Å². The average Bonchev–Trinajstić information content (AvgIpc) is 2.76. The molecule has 0 aliphatic carbocycles. The zero-order valence-electron chi connectivity index (χ0n) is 11.0. The van der Waals surface area contributed by atoms with Crippen LogP contribution in [0.2, 0.25) is 0 Å². The first kappa shape index (κ1) is 12.8. The Morgan fingerprint density at radius 2 is 2.17 bits per heavy atom. The number of aromatic nitrogens is 3. The van der Waals surface area contributed by atoms with Gasteiger partial charge < -0.3 is 9.88 Å². The number of nitrogens with zero attached hydrogens (tertiary/aromatic N) is 3. The Hall–Kier alpha value is -1.68. The second-order valence-corrected chi connectivity index (χ2v) is 4.68. The van der Waals surface area contributed by atoms with Crippen LogP contribution < -0.4 is 5.32 Å². The standard InChI is InChI=1S/C14H20N4/c1-12(11-18-8-7-16-13(18)2)9-15-10-14-5-3-4-6-17-14/h3-8,12,15H,9-11H2,1-2H3. The van der Waals surface area contributed by atoms with Crippen molar-refractivity contribution in [3.8, 4) is 0 Å². The smallest absolute Gasteiger partial charge is 0.105 e. The molecule has 2 aromatic rings. The van der Waals surface area contributed by atoms with Crippen molar-refractivity contribution in [2.45, 2.75) is 26.9 Å². The monoisotopic (exact) mass is 244 g/mol. The minimum atomic E-state index is 0.571. The molecule has 0 aliphatic rings. The Kier molecular flexibility index (Phi) is 4.47. The number of nitrogens with one attached hydrogen (secondary N) is 1. The Morgan fingerprint density at radius 3 is 2.83 bits per heavy atom. The van der Waals surface area contributed by atoms with E-state index in [-0.39, 0.29) is 0 Å². The quantitative estimate of drug-likeness (QED) is 0.845. The van der Waals surface area contributed by atoms with Crippen molar-refractivity contribution < 1.29 is 0 Å². The minimum absolute atomic E-state index is 0.571. The van der Waals surface area contributed by atoms with Crippen LogP contribution in [0.3, 0.4) is 0 Å². The number of pyridine rings is 1. The van der Waals surface area contributed by atoms with Crippen molar-refractivity contribution in [3.05, 3.63) is 48.3 Å². The van der Waals surface area contributed by atoms with Crippen molar-refractivity contribution in [2.24, 2.45) is 5.92 Å². The van der Waals surface area contributed by atoms with Crippen molar-refractivity contribution in [1.82, 2.24) is 19.9 Å². The molecular weight excluding hydrogens is 224 g/mol. The van der Waals surface area contributed by atoms with E-state index in [9.17, 15) is 0 Å². The summed E-state index contributed by atoms with van der Waals surface area (Å²) in [5.41, 5.74) is 1.09. The number of hydrogen-bond acceptors (Lipinski definition) is 3. The van der Waals surface area contributed by atoms with Crippen LogP contribution in [0.25, 0.3) is 0 Å². The fraction of sp³-hybridized carbons (Fsp3) is 0.429. The summed E-state index contributed by atoms with van der Waals surface area (Å²) in [5.74, 6) is 1.65. The van der Waals surface area contributed by atoms with Crippen molar-refractivity contribution in [2.75, 3.05) is 6.54 Å². The van der Waals surface area contributed by atoms with Gasteiger partial charge >= 0.3 is 0 Å². The fourth-order valence-corrected chi connectivity index (χ4v) is 1.95. The third kappa shape index (κ3) is 3.67. The third-order valence-corrected chi connectivity index (χ3v) is 2.96. The number of rotatable bonds is 6. The average molecular weight is 244 g/mol. The SMILES string of the molecule is Cc1nccn1CC(C)CNCc1ccccn1. The van der Waals surface area contributed by atoms with E-state index >= 15 is 0 Å². The van der Waals surface area contributed by atoms with E-state index in [1.807, 2.05) is 43.7 Å². The molecule has 0 fully saturated rings. The third-order valence-electron chi connectivity index (χ3n) is 2.96. The summed E-state index contributed by atoms with van der Waals surface area (Å²) >= 11 is 0. The molecule has 0 spiro atoms. The van der Waals surface area contributed by atoms with Crippen LogP contribution in [0, 0.1) is 12.8 Å². The highest BCUT2D eigenvalue weighted by Crippen LogP contribution is 2.03. The summed E-state index contributed by atoms with van der Waals surface area (Å²) in [5, 5.41) is 3.44. The zero-order valence-corrected chi connectivity index (χ0v) is 11.0. The molecule has 0 saturated heterocycles. The highest BCUT2D eigenvalue weighted by molar-refractivity contribution is 5.02. The van der Waals surface area contributed by atoms with Crippen molar-refractivity contribution in [3.63, 3.8) is 0 Å². The van der Waals surface area contributed by atoms with E-state index in [2.05, 4.69) is 26.8 Å². The number of hydrogen-bond donors (Lipinski definition) is 1. The summed E-state index contributed by atoms with van der Waals surface area (Å²) in [7, 11) is 0. The molecule has 4 heteroatoms. The first-order valence-corrected chi connectivity index (χ1v) is 6.34. The van der Waals surface area contributed by atoms with Gasteiger partial charge in [-0.1, -0.05) is 13.0 Å². The molecule has 96 valence electrons. The molecule has 1 unspecified atom stereocenters. The van der Waals surface area contributed by atoms with Gasteiger partial charge in [-0.15, -0.1) is 0 Å². The van der Waals surface area contributed by atoms with Gasteiger partial charge in [0.05, 0.1) is 5.69 Å². The van der Waals surface area contributed by atoms with Crippen LogP contribution in [0.15, 0.2) is 36.8 Å². The molecular formula is C14H20N4. The molecule has 0 amide bonds. The van der Waals surface area contributed by atoms with Crippen molar-refractivity contribution in [1.29, 1.82) is 0 Å². The lowest BCUT2D eigenvalue weighted by molar-refractivity contribution is 0.439. The lowest BCUT2D eigenvalue weighted by atomic mass is 10.2. The maximum Gasteiger partial charge on any atom is 0.105 e. The second kappa shape index (κ2) is 6.31. The predicted molar refractivity (Wildman–Crippen MR) is 72.1 cm³/mol. The first-order chi connectivity index (χ1) is 8.75. The summed E-state index contributed by atoms with van der Waals surface area (Å²) < 4.78 is 2.19. The van der Waals surface area contributed by atoms with Crippen LogP contribution in [-0.4, -0.2) is 21.1 Å². The summed E-state index contributed by atoms with van der Waals surface area (Å²) in [4.78, 5) is 8.52. The van der Waals surface area contributed by atoms with Gasteiger partial charge in [-0.2, -0.15) is 0 Å². The van der Waals surface area contributed by atoms with Gasteiger partial charge in [0.2, 0.25) is 0 Å². The van der Waals surface area contributed by atoms with Gasteiger partial charge in [0.15, 0.2) is 0 Å². The molecule has 0 bridgehead atoms. The summed E-state index contributed by atoms with van der Waals surface area (Å²) in [6.45, 7) is 7.09. The maximum atomic E-state index is 4.29. The Bertz CT molecular complexity index is 464. The van der Waals surface area contributed by atoms with Crippen LogP contribution in [-0.2, 0) is 13.1 Å². The van der Waals surface area contributed by atoms with Gasteiger partial charge in [-0.25, -0.2) is 4.98 Å². The van der Waals surface area contributed by atoms with Gasteiger partial charge in [0.1, 0.15) is 5.82 Å². The predicted octanol–water partition coefficient (Wildman–Crippen LogP) is 2.01. The Balaban J connectivity index is 1.72. The highest BCUT2D eigenvalue weighted by Gasteiger charge is 2.04. The Morgan fingerprint density at radius 1 is 1.28 bits per heavy atom. The van der Waals surface area contributed by atoms with Crippen LogP contribution >= 0.6 is 0 Å². The normalized spacial score (nSPS) is 12.6. The minimum Gasteiger partial charge on any atom is -0.335 e. The maximum absolute atomic E-state index is 4.29. The summed E-state index contributed by atoms with van der Waals surface area (Å²) in [6.07, 6.45) is 5.71. The summed E-state index contributed by atoms with van der Waals surface area (Å²) in [6, 6.07) is 5.99. The molecule has 1 atom stereocenters. The molecule has 1 N–H and O–H groups in total. The lowest BCUT2D eigenvalue weighted by Crippen LogP contribution is -2.24. The van der Waals surface area contributed by atoms with E-state index in [4.69, 9.17) is 0 Å². The van der Waals surface area contributed by atoms with E-state index < -0.39 is 0 Å². The molecule has 2 rings (SSSR count). The van der Waals surface area contributed by atoms with E-state index in [0.29, 0.717) is 5.92 Å². The first-order valence-electron chi connectivity index (χ1n) is 6.34. The van der Waals surface area contributed by atoms with E-state index in [0.717, 1.165) is 31.2 Å². The number of imidazole rings is 1.